The van der Waals surface area contributed by atoms with E-state index in [4.69, 9.17) is 14.6 Å². The third-order valence-corrected chi connectivity index (χ3v) is 2.83. The predicted molar refractivity (Wildman–Crippen MR) is 57.7 cm³/mol. The fraction of sp³-hybridized carbons (Fsp3) is 0.333. The number of furan rings is 2. The van der Waals surface area contributed by atoms with E-state index >= 15 is 0 Å². The molecule has 2 N–H and O–H groups in total. The number of aryl methyl sites for hydroxylation is 2. The molecule has 1 unspecified atom stereocenters. The summed E-state index contributed by atoms with van der Waals surface area (Å²) in [6.07, 6.45) is 3.30. The van der Waals surface area contributed by atoms with Crippen molar-refractivity contribution in [3.63, 3.8) is 0 Å². The fourth-order valence-corrected chi connectivity index (χ4v) is 1.89. The van der Waals surface area contributed by atoms with Gasteiger partial charge in [-0.25, -0.2) is 0 Å². The SMILES string of the molecule is Cc1oc(C)c(C(N)c2ccoc2)c1C. The largest absolute Gasteiger partial charge is 0.472 e. The molecule has 80 valence electrons. The summed E-state index contributed by atoms with van der Waals surface area (Å²) >= 11 is 0. The van der Waals surface area contributed by atoms with Crippen molar-refractivity contribution < 1.29 is 8.83 Å². The second-order valence-corrected chi connectivity index (χ2v) is 3.79. The third kappa shape index (κ3) is 1.59. The first-order valence-electron chi connectivity index (χ1n) is 4.95. The van der Waals surface area contributed by atoms with Gasteiger partial charge in [-0.3, -0.25) is 0 Å². The van der Waals surface area contributed by atoms with Gasteiger partial charge in [0.05, 0.1) is 18.6 Å². The Balaban J connectivity index is 2.46. The van der Waals surface area contributed by atoms with Gasteiger partial charge in [-0.1, -0.05) is 0 Å². The van der Waals surface area contributed by atoms with Crippen LogP contribution in [0.5, 0.6) is 0 Å². The van der Waals surface area contributed by atoms with Crippen molar-refractivity contribution >= 4 is 0 Å². The van der Waals surface area contributed by atoms with Crippen LogP contribution >= 0.6 is 0 Å². The molecule has 0 saturated heterocycles. The highest BCUT2D eigenvalue weighted by Crippen LogP contribution is 2.29. The minimum absolute atomic E-state index is 0.166. The van der Waals surface area contributed by atoms with Gasteiger partial charge < -0.3 is 14.6 Å². The lowest BCUT2D eigenvalue weighted by Gasteiger charge is -2.09. The summed E-state index contributed by atoms with van der Waals surface area (Å²) in [4.78, 5) is 0. The van der Waals surface area contributed by atoms with E-state index < -0.39 is 0 Å². The van der Waals surface area contributed by atoms with Crippen LogP contribution in [0, 0.1) is 20.8 Å². The van der Waals surface area contributed by atoms with Crippen molar-refractivity contribution in [2.45, 2.75) is 26.8 Å². The van der Waals surface area contributed by atoms with Gasteiger partial charge in [0.2, 0.25) is 0 Å². The van der Waals surface area contributed by atoms with Gasteiger partial charge in [-0.05, 0) is 32.4 Å². The van der Waals surface area contributed by atoms with E-state index in [2.05, 4.69) is 0 Å². The van der Waals surface area contributed by atoms with Crippen LogP contribution in [0.1, 0.15) is 34.3 Å². The minimum Gasteiger partial charge on any atom is -0.472 e. The van der Waals surface area contributed by atoms with Crippen molar-refractivity contribution in [3.05, 3.63) is 46.8 Å². The van der Waals surface area contributed by atoms with Crippen LogP contribution in [0.3, 0.4) is 0 Å². The summed E-state index contributed by atoms with van der Waals surface area (Å²) < 4.78 is 10.6. The molecule has 0 aromatic carbocycles. The Kier molecular flexibility index (Phi) is 2.40. The van der Waals surface area contributed by atoms with Crippen LogP contribution in [-0.2, 0) is 0 Å². The molecule has 0 spiro atoms. The van der Waals surface area contributed by atoms with Crippen LogP contribution in [0.15, 0.2) is 27.4 Å². The third-order valence-electron chi connectivity index (χ3n) is 2.83. The Hall–Kier alpha value is -1.48. The summed E-state index contributed by atoms with van der Waals surface area (Å²) in [5.74, 6) is 1.82. The molecule has 2 rings (SSSR count). The molecule has 15 heavy (non-hydrogen) atoms. The molecule has 0 aliphatic heterocycles. The van der Waals surface area contributed by atoms with Crippen LogP contribution in [-0.4, -0.2) is 0 Å². The maximum atomic E-state index is 6.16. The predicted octanol–water partition coefficient (Wildman–Crippen LogP) is 2.85. The van der Waals surface area contributed by atoms with Crippen molar-refractivity contribution in [1.29, 1.82) is 0 Å². The van der Waals surface area contributed by atoms with E-state index in [1.807, 2.05) is 26.8 Å². The zero-order valence-corrected chi connectivity index (χ0v) is 9.20. The van der Waals surface area contributed by atoms with Crippen LogP contribution < -0.4 is 5.73 Å². The average molecular weight is 205 g/mol. The molecule has 0 bridgehead atoms. The molecule has 1 atom stereocenters. The standard InChI is InChI=1S/C12H15NO2/c1-7-8(2)15-9(3)11(7)12(13)10-4-5-14-6-10/h4-6,12H,13H2,1-3H3. The second-order valence-electron chi connectivity index (χ2n) is 3.79. The Morgan fingerprint density at radius 3 is 2.40 bits per heavy atom. The molecule has 0 amide bonds. The van der Waals surface area contributed by atoms with Crippen molar-refractivity contribution in [1.82, 2.24) is 0 Å². The second kappa shape index (κ2) is 3.59. The summed E-state index contributed by atoms with van der Waals surface area (Å²) in [6, 6.07) is 1.72. The number of rotatable bonds is 2. The maximum Gasteiger partial charge on any atom is 0.106 e. The number of hydrogen-bond acceptors (Lipinski definition) is 3. The van der Waals surface area contributed by atoms with E-state index in [1.54, 1.807) is 12.5 Å². The molecule has 0 aliphatic carbocycles. The first-order chi connectivity index (χ1) is 7.11. The summed E-state index contributed by atoms with van der Waals surface area (Å²) in [6.45, 7) is 5.92. The van der Waals surface area contributed by atoms with Crippen molar-refractivity contribution in [2.75, 3.05) is 0 Å². The zero-order valence-electron chi connectivity index (χ0n) is 9.20. The van der Waals surface area contributed by atoms with Gasteiger partial charge >= 0.3 is 0 Å². The lowest BCUT2D eigenvalue weighted by Crippen LogP contribution is -2.12. The molecular weight excluding hydrogens is 190 g/mol. The van der Waals surface area contributed by atoms with Crippen LogP contribution in [0.25, 0.3) is 0 Å². The normalized spacial score (nSPS) is 13.1. The smallest absolute Gasteiger partial charge is 0.106 e. The van der Waals surface area contributed by atoms with E-state index in [-0.39, 0.29) is 6.04 Å². The van der Waals surface area contributed by atoms with E-state index in [0.717, 1.165) is 28.2 Å². The van der Waals surface area contributed by atoms with E-state index in [0.29, 0.717) is 0 Å². The lowest BCUT2D eigenvalue weighted by molar-refractivity contribution is 0.498. The molecule has 0 aliphatic rings. The van der Waals surface area contributed by atoms with Gasteiger partial charge in [-0.15, -0.1) is 0 Å². The molecular formula is C12H15NO2. The Bertz CT molecular complexity index is 454. The molecule has 2 aromatic heterocycles. The number of hydrogen-bond donors (Lipinski definition) is 1. The quantitative estimate of drug-likeness (QED) is 0.820. The summed E-state index contributed by atoms with van der Waals surface area (Å²) in [7, 11) is 0. The molecule has 3 nitrogen and oxygen atoms in total. The van der Waals surface area contributed by atoms with Gasteiger partial charge in [-0.2, -0.15) is 0 Å². The Morgan fingerprint density at radius 1 is 1.20 bits per heavy atom. The minimum atomic E-state index is -0.166. The highest BCUT2D eigenvalue weighted by Gasteiger charge is 2.19. The molecule has 0 radical (unpaired) electrons. The van der Waals surface area contributed by atoms with E-state index in [1.165, 1.54) is 0 Å². The first kappa shape index (κ1) is 10.1. The Morgan fingerprint density at radius 2 is 1.93 bits per heavy atom. The molecule has 2 heterocycles. The summed E-state index contributed by atoms with van der Waals surface area (Å²) in [5.41, 5.74) is 9.32. The van der Waals surface area contributed by atoms with Crippen molar-refractivity contribution in [3.8, 4) is 0 Å². The summed E-state index contributed by atoms with van der Waals surface area (Å²) in [5, 5.41) is 0. The highest BCUT2D eigenvalue weighted by molar-refractivity contribution is 5.39. The molecule has 2 aromatic rings. The maximum absolute atomic E-state index is 6.16. The highest BCUT2D eigenvalue weighted by atomic mass is 16.3. The Labute approximate surface area is 88.9 Å². The molecule has 0 fully saturated rings. The zero-order chi connectivity index (χ0) is 11.0. The van der Waals surface area contributed by atoms with Gasteiger partial charge in [0.25, 0.3) is 0 Å². The van der Waals surface area contributed by atoms with Crippen LogP contribution in [0.4, 0.5) is 0 Å². The lowest BCUT2D eigenvalue weighted by atomic mass is 9.98. The fourth-order valence-electron chi connectivity index (χ4n) is 1.89. The first-order valence-corrected chi connectivity index (χ1v) is 4.95. The van der Waals surface area contributed by atoms with E-state index in [9.17, 15) is 0 Å². The molecule has 0 saturated carbocycles. The van der Waals surface area contributed by atoms with Crippen molar-refractivity contribution in [2.24, 2.45) is 5.73 Å². The monoisotopic (exact) mass is 205 g/mol. The number of nitrogens with two attached hydrogens (primary N) is 1. The van der Waals surface area contributed by atoms with Gasteiger partial charge in [0.15, 0.2) is 0 Å². The van der Waals surface area contributed by atoms with Crippen LogP contribution in [0.2, 0.25) is 0 Å². The van der Waals surface area contributed by atoms with Gasteiger partial charge in [0, 0.05) is 11.1 Å². The van der Waals surface area contributed by atoms with Gasteiger partial charge in [0.1, 0.15) is 11.5 Å². The molecule has 3 heteroatoms. The topological polar surface area (TPSA) is 52.3 Å². The average Bonchev–Trinajstić information content (AvgIpc) is 2.76.